The molecular formula is C13H18N2O. The summed E-state index contributed by atoms with van der Waals surface area (Å²) in [5.74, 6) is 0. The predicted molar refractivity (Wildman–Crippen MR) is 65.3 cm³/mol. The third-order valence-corrected chi connectivity index (χ3v) is 2.90. The fraction of sp³-hybridized carbons (Fsp3) is 0.462. The number of hydrogen-bond donors (Lipinski definition) is 1. The van der Waals surface area contributed by atoms with E-state index in [1.807, 2.05) is 17.9 Å². The monoisotopic (exact) mass is 218 g/mol. The molecule has 1 N–H and O–H groups in total. The molecule has 3 nitrogen and oxygen atoms in total. The average Bonchev–Trinajstić information content (AvgIpc) is 2.60. The van der Waals surface area contributed by atoms with Gasteiger partial charge in [-0.15, -0.1) is 0 Å². The third-order valence-electron chi connectivity index (χ3n) is 2.90. The molecule has 1 heterocycles. The first kappa shape index (κ1) is 11.1. The van der Waals surface area contributed by atoms with Gasteiger partial charge in [0.15, 0.2) is 0 Å². The lowest BCUT2D eigenvalue weighted by Crippen LogP contribution is -2.09. The van der Waals surface area contributed by atoms with Crippen LogP contribution < -0.4 is 0 Å². The fourth-order valence-corrected chi connectivity index (χ4v) is 2.05. The van der Waals surface area contributed by atoms with Crippen LogP contribution in [-0.2, 0) is 13.5 Å². The van der Waals surface area contributed by atoms with E-state index in [0.717, 1.165) is 30.2 Å². The molecule has 0 radical (unpaired) electrons. The number of aryl methyl sites for hydroxylation is 1. The Bertz CT molecular complexity index is 476. The predicted octanol–water partition coefficient (Wildman–Crippen LogP) is 2.28. The molecule has 0 bridgehead atoms. The lowest BCUT2D eigenvalue weighted by Gasteiger charge is -2.09. The topological polar surface area (TPSA) is 38.1 Å². The van der Waals surface area contributed by atoms with Crippen molar-refractivity contribution in [3.8, 4) is 0 Å². The highest BCUT2D eigenvalue weighted by Crippen LogP contribution is 2.16. The highest BCUT2D eigenvalue weighted by molar-refractivity contribution is 5.79. The number of aliphatic hydroxyl groups excluding tert-OH is 1. The molecule has 2 aromatic rings. The second kappa shape index (κ2) is 4.66. The van der Waals surface area contributed by atoms with Crippen molar-refractivity contribution in [1.82, 2.24) is 9.78 Å². The number of benzene rings is 1. The zero-order valence-corrected chi connectivity index (χ0v) is 9.85. The summed E-state index contributed by atoms with van der Waals surface area (Å²) in [7, 11) is 1.94. The van der Waals surface area contributed by atoms with Crippen LogP contribution in [0.2, 0.25) is 0 Å². The van der Waals surface area contributed by atoms with Gasteiger partial charge >= 0.3 is 0 Å². The SMILES string of the molecule is CCCC(O)Cc1ccc2c(cnn2C)c1. The van der Waals surface area contributed by atoms with E-state index in [2.05, 4.69) is 30.2 Å². The Morgan fingerprint density at radius 1 is 1.44 bits per heavy atom. The normalized spacial score (nSPS) is 13.2. The molecule has 2 rings (SSSR count). The first-order chi connectivity index (χ1) is 7.70. The molecule has 0 amide bonds. The number of aromatic nitrogens is 2. The minimum Gasteiger partial charge on any atom is -0.393 e. The summed E-state index contributed by atoms with van der Waals surface area (Å²) < 4.78 is 1.86. The van der Waals surface area contributed by atoms with Gasteiger partial charge in [0.2, 0.25) is 0 Å². The number of aliphatic hydroxyl groups is 1. The molecular weight excluding hydrogens is 200 g/mol. The van der Waals surface area contributed by atoms with Crippen molar-refractivity contribution in [3.05, 3.63) is 30.0 Å². The van der Waals surface area contributed by atoms with E-state index in [9.17, 15) is 5.11 Å². The van der Waals surface area contributed by atoms with Crippen LogP contribution in [0.1, 0.15) is 25.3 Å². The Labute approximate surface area is 95.7 Å². The summed E-state index contributed by atoms with van der Waals surface area (Å²) in [6.45, 7) is 2.09. The van der Waals surface area contributed by atoms with Crippen LogP contribution in [-0.4, -0.2) is 21.0 Å². The highest BCUT2D eigenvalue weighted by Gasteiger charge is 2.06. The molecule has 1 atom stereocenters. The van der Waals surface area contributed by atoms with E-state index in [4.69, 9.17) is 0 Å². The minimum absolute atomic E-state index is 0.223. The first-order valence-corrected chi connectivity index (χ1v) is 5.79. The van der Waals surface area contributed by atoms with E-state index in [1.54, 1.807) is 0 Å². The maximum Gasteiger partial charge on any atom is 0.0679 e. The fourth-order valence-electron chi connectivity index (χ4n) is 2.05. The Kier molecular flexibility index (Phi) is 3.25. The number of hydrogen-bond acceptors (Lipinski definition) is 2. The van der Waals surface area contributed by atoms with Crippen LogP contribution in [0.15, 0.2) is 24.4 Å². The smallest absolute Gasteiger partial charge is 0.0679 e. The van der Waals surface area contributed by atoms with E-state index in [0.29, 0.717) is 0 Å². The Balaban J connectivity index is 2.19. The van der Waals surface area contributed by atoms with Crippen molar-refractivity contribution in [2.75, 3.05) is 0 Å². The van der Waals surface area contributed by atoms with E-state index >= 15 is 0 Å². The van der Waals surface area contributed by atoms with Crippen molar-refractivity contribution in [1.29, 1.82) is 0 Å². The summed E-state index contributed by atoms with van der Waals surface area (Å²) in [5, 5.41) is 15.1. The average molecular weight is 218 g/mol. The zero-order chi connectivity index (χ0) is 11.5. The molecule has 0 aliphatic rings. The van der Waals surface area contributed by atoms with Gasteiger partial charge in [-0.3, -0.25) is 4.68 Å². The van der Waals surface area contributed by atoms with Gasteiger partial charge in [-0.2, -0.15) is 5.10 Å². The van der Waals surface area contributed by atoms with Gasteiger partial charge in [0.1, 0.15) is 0 Å². The summed E-state index contributed by atoms with van der Waals surface area (Å²) in [6, 6.07) is 6.25. The number of fused-ring (bicyclic) bond motifs is 1. The second-order valence-electron chi connectivity index (χ2n) is 4.31. The van der Waals surface area contributed by atoms with Crippen LogP contribution in [0.5, 0.6) is 0 Å². The van der Waals surface area contributed by atoms with Crippen molar-refractivity contribution in [3.63, 3.8) is 0 Å². The Morgan fingerprint density at radius 2 is 2.25 bits per heavy atom. The molecule has 1 aromatic heterocycles. The lowest BCUT2D eigenvalue weighted by molar-refractivity contribution is 0.164. The molecule has 0 fully saturated rings. The summed E-state index contributed by atoms with van der Waals surface area (Å²) >= 11 is 0. The largest absolute Gasteiger partial charge is 0.393 e. The summed E-state index contributed by atoms with van der Waals surface area (Å²) in [5.41, 5.74) is 2.31. The standard InChI is InChI=1S/C13H18N2O/c1-3-4-12(16)8-10-5-6-13-11(7-10)9-14-15(13)2/h5-7,9,12,16H,3-4,8H2,1-2H3. The molecule has 0 aliphatic carbocycles. The molecule has 16 heavy (non-hydrogen) atoms. The van der Waals surface area contributed by atoms with Crippen molar-refractivity contribution in [2.45, 2.75) is 32.3 Å². The quantitative estimate of drug-likeness (QED) is 0.855. The maximum atomic E-state index is 9.76. The van der Waals surface area contributed by atoms with Gasteiger partial charge in [-0.1, -0.05) is 19.4 Å². The lowest BCUT2D eigenvalue weighted by atomic mass is 10.0. The highest BCUT2D eigenvalue weighted by atomic mass is 16.3. The number of rotatable bonds is 4. The molecule has 1 aromatic carbocycles. The molecule has 0 saturated heterocycles. The van der Waals surface area contributed by atoms with Gasteiger partial charge in [-0.25, -0.2) is 0 Å². The van der Waals surface area contributed by atoms with Crippen LogP contribution in [0.4, 0.5) is 0 Å². The Morgan fingerprint density at radius 3 is 3.00 bits per heavy atom. The molecule has 86 valence electrons. The van der Waals surface area contributed by atoms with Crippen LogP contribution >= 0.6 is 0 Å². The molecule has 3 heteroatoms. The van der Waals surface area contributed by atoms with Gasteiger partial charge < -0.3 is 5.11 Å². The van der Waals surface area contributed by atoms with E-state index in [-0.39, 0.29) is 6.10 Å². The molecule has 1 unspecified atom stereocenters. The number of nitrogens with zero attached hydrogens (tertiary/aromatic N) is 2. The molecule has 0 spiro atoms. The van der Waals surface area contributed by atoms with Crippen LogP contribution in [0.3, 0.4) is 0 Å². The third kappa shape index (κ3) is 2.25. The summed E-state index contributed by atoms with van der Waals surface area (Å²) in [6.07, 6.45) is 4.27. The summed E-state index contributed by atoms with van der Waals surface area (Å²) in [4.78, 5) is 0. The first-order valence-electron chi connectivity index (χ1n) is 5.79. The molecule has 0 aliphatic heterocycles. The van der Waals surface area contributed by atoms with Gasteiger partial charge in [-0.05, 0) is 30.5 Å². The second-order valence-corrected chi connectivity index (χ2v) is 4.31. The van der Waals surface area contributed by atoms with Crippen LogP contribution in [0, 0.1) is 0 Å². The van der Waals surface area contributed by atoms with Crippen molar-refractivity contribution < 1.29 is 5.11 Å². The van der Waals surface area contributed by atoms with Crippen molar-refractivity contribution in [2.24, 2.45) is 7.05 Å². The minimum atomic E-state index is -0.223. The Hall–Kier alpha value is -1.35. The molecule has 0 saturated carbocycles. The van der Waals surface area contributed by atoms with Crippen LogP contribution in [0.25, 0.3) is 10.9 Å². The zero-order valence-electron chi connectivity index (χ0n) is 9.85. The van der Waals surface area contributed by atoms with E-state index < -0.39 is 0 Å². The maximum absolute atomic E-state index is 9.76. The van der Waals surface area contributed by atoms with E-state index in [1.165, 1.54) is 5.56 Å². The van der Waals surface area contributed by atoms with Gasteiger partial charge in [0, 0.05) is 12.4 Å². The van der Waals surface area contributed by atoms with Gasteiger partial charge in [0.05, 0.1) is 17.8 Å². The van der Waals surface area contributed by atoms with Gasteiger partial charge in [0.25, 0.3) is 0 Å². The van der Waals surface area contributed by atoms with Crippen molar-refractivity contribution >= 4 is 10.9 Å².